The van der Waals surface area contributed by atoms with Crippen LogP contribution in [0, 0.1) is 0 Å². The molecule has 2 heterocycles. The van der Waals surface area contributed by atoms with Crippen LogP contribution in [0.1, 0.15) is 17.5 Å². The highest BCUT2D eigenvalue weighted by Crippen LogP contribution is 2.19. The van der Waals surface area contributed by atoms with Crippen LogP contribution in [0.5, 0.6) is 11.5 Å². The molecule has 0 radical (unpaired) electrons. The first-order valence-corrected chi connectivity index (χ1v) is 9.69. The monoisotopic (exact) mass is 400 g/mol. The molecule has 29 heavy (non-hydrogen) atoms. The summed E-state index contributed by atoms with van der Waals surface area (Å²) in [5.74, 6) is 2.64. The molecule has 1 aliphatic rings. The molecule has 1 amide bonds. The van der Waals surface area contributed by atoms with Gasteiger partial charge in [-0.1, -0.05) is 6.07 Å². The highest BCUT2D eigenvalue weighted by atomic mass is 16.5. The number of carbonyl (C=O) groups excluding carboxylic acids is 1. The van der Waals surface area contributed by atoms with Crippen LogP contribution in [0.25, 0.3) is 0 Å². The van der Waals surface area contributed by atoms with Gasteiger partial charge in [0.1, 0.15) is 17.6 Å². The van der Waals surface area contributed by atoms with Crippen LogP contribution >= 0.6 is 0 Å². The largest absolute Gasteiger partial charge is 0.497 e. The Morgan fingerprint density at radius 1 is 1.17 bits per heavy atom. The van der Waals surface area contributed by atoms with Crippen LogP contribution in [0.2, 0.25) is 0 Å². The molecule has 156 valence electrons. The third-order valence-corrected chi connectivity index (χ3v) is 4.74. The van der Waals surface area contributed by atoms with Crippen molar-refractivity contribution >= 4 is 11.9 Å². The molecule has 1 aliphatic heterocycles. The van der Waals surface area contributed by atoms with Crippen molar-refractivity contribution < 1.29 is 18.7 Å². The van der Waals surface area contributed by atoms with Crippen molar-refractivity contribution in [1.82, 2.24) is 15.1 Å². The molecular weight excluding hydrogens is 372 g/mol. The van der Waals surface area contributed by atoms with Gasteiger partial charge >= 0.3 is 0 Å². The van der Waals surface area contributed by atoms with Gasteiger partial charge in [-0.2, -0.15) is 0 Å². The number of furan rings is 1. The summed E-state index contributed by atoms with van der Waals surface area (Å²) in [6.07, 6.45) is 1.46. The molecule has 2 aromatic rings. The number of piperazine rings is 1. The Labute approximate surface area is 171 Å². The van der Waals surface area contributed by atoms with E-state index >= 15 is 0 Å². The maximum absolute atomic E-state index is 12.4. The predicted molar refractivity (Wildman–Crippen MR) is 111 cm³/mol. The summed E-state index contributed by atoms with van der Waals surface area (Å²) in [7, 11) is 3.40. The second-order valence-electron chi connectivity index (χ2n) is 6.79. The fourth-order valence-electron chi connectivity index (χ4n) is 3.19. The maximum Gasteiger partial charge on any atom is 0.289 e. The number of carbonyl (C=O) groups is 1. The van der Waals surface area contributed by atoms with Crippen LogP contribution in [0.3, 0.4) is 0 Å². The first-order valence-electron chi connectivity index (χ1n) is 9.69. The molecule has 1 atom stereocenters. The van der Waals surface area contributed by atoms with Gasteiger partial charge in [-0.3, -0.25) is 9.79 Å². The van der Waals surface area contributed by atoms with Gasteiger partial charge in [-0.25, -0.2) is 0 Å². The lowest BCUT2D eigenvalue weighted by molar-refractivity contribution is 0.0657. The second-order valence-corrected chi connectivity index (χ2v) is 6.79. The number of benzene rings is 1. The van der Waals surface area contributed by atoms with Gasteiger partial charge in [0, 0.05) is 39.3 Å². The van der Waals surface area contributed by atoms with Crippen molar-refractivity contribution in [2.24, 2.45) is 4.99 Å². The molecule has 1 aromatic heterocycles. The van der Waals surface area contributed by atoms with Gasteiger partial charge in [0.05, 0.1) is 19.9 Å². The molecule has 0 aliphatic carbocycles. The Morgan fingerprint density at radius 2 is 1.90 bits per heavy atom. The number of methoxy groups -OCH3 is 1. The lowest BCUT2D eigenvalue weighted by Gasteiger charge is -2.36. The summed E-state index contributed by atoms with van der Waals surface area (Å²) in [4.78, 5) is 20.7. The van der Waals surface area contributed by atoms with E-state index in [0.717, 1.165) is 17.5 Å². The van der Waals surface area contributed by atoms with Crippen molar-refractivity contribution in [3.63, 3.8) is 0 Å². The van der Waals surface area contributed by atoms with Crippen LogP contribution < -0.4 is 14.8 Å². The fourth-order valence-corrected chi connectivity index (χ4v) is 3.19. The lowest BCUT2D eigenvalue weighted by atomic mass is 10.3. The first-order chi connectivity index (χ1) is 14.1. The van der Waals surface area contributed by atoms with Gasteiger partial charge in [-0.05, 0) is 31.2 Å². The topological polar surface area (TPSA) is 79.5 Å². The average Bonchev–Trinajstić information content (AvgIpc) is 3.29. The Hall–Kier alpha value is -3.16. The van der Waals surface area contributed by atoms with E-state index in [-0.39, 0.29) is 12.0 Å². The second kappa shape index (κ2) is 9.86. The Bertz CT molecular complexity index is 814. The van der Waals surface area contributed by atoms with Crippen molar-refractivity contribution in [1.29, 1.82) is 0 Å². The summed E-state index contributed by atoms with van der Waals surface area (Å²) in [6.45, 7) is 5.26. The number of nitrogens with zero attached hydrogens (tertiary/aromatic N) is 3. The zero-order valence-corrected chi connectivity index (χ0v) is 17.1. The van der Waals surface area contributed by atoms with E-state index in [0.29, 0.717) is 38.5 Å². The molecule has 8 heteroatoms. The summed E-state index contributed by atoms with van der Waals surface area (Å²) in [6, 6.07) is 11.0. The summed E-state index contributed by atoms with van der Waals surface area (Å²) < 4.78 is 16.4. The summed E-state index contributed by atoms with van der Waals surface area (Å²) in [5.41, 5.74) is 0. The molecule has 1 unspecified atom stereocenters. The summed E-state index contributed by atoms with van der Waals surface area (Å²) >= 11 is 0. The average molecular weight is 400 g/mol. The Morgan fingerprint density at radius 3 is 2.55 bits per heavy atom. The lowest BCUT2D eigenvalue weighted by Crippen LogP contribution is -2.54. The molecule has 0 saturated carbocycles. The van der Waals surface area contributed by atoms with E-state index < -0.39 is 0 Å². The SMILES string of the molecule is CN=C(NCC(C)Oc1cccc(OC)c1)N1CCN(C(=O)c2ccco2)CC1. The third-order valence-electron chi connectivity index (χ3n) is 4.74. The number of hydrogen-bond acceptors (Lipinski definition) is 5. The zero-order chi connectivity index (χ0) is 20.6. The third kappa shape index (κ3) is 5.43. The minimum atomic E-state index is -0.0714. The van der Waals surface area contributed by atoms with Gasteiger partial charge in [0.25, 0.3) is 5.91 Å². The fraction of sp³-hybridized carbons (Fsp3) is 0.429. The number of amides is 1. The van der Waals surface area contributed by atoms with Crippen molar-refractivity contribution in [2.45, 2.75) is 13.0 Å². The van der Waals surface area contributed by atoms with E-state index in [9.17, 15) is 4.79 Å². The smallest absolute Gasteiger partial charge is 0.289 e. The predicted octanol–water partition coefficient (Wildman–Crippen LogP) is 2.09. The van der Waals surface area contributed by atoms with Crippen LogP contribution in [-0.4, -0.2) is 74.7 Å². The normalized spacial score (nSPS) is 15.8. The molecule has 1 N–H and O–H groups in total. The minimum Gasteiger partial charge on any atom is -0.497 e. The van der Waals surface area contributed by atoms with Crippen LogP contribution in [-0.2, 0) is 0 Å². The van der Waals surface area contributed by atoms with Gasteiger partial charge < -0.3 is 29.0 Å². The molecule has 0 spiro atoms. The van der Waals surface area contributed by atoms with E-state index in [1.807, 2.05) is 31.2 Å². The van der Waals surface area contributed by atoms with Crippen molar-refractivity contribution in [3.05, 3.63) is 48.4 Å². The Balaban J connectivity index is 1.46. The number of hydrogen-bond donors (Lipinski definition) is 1. The van der Waals surface area contributed by atoms with E-state index in [1.165, 1.54) is 6.26 Å². The maximum atomic E-state index is 12.4. The van der Waals surface area contributed by atoms with E-state index in [1.54, 1.807) is 31.2 Å². The van der Waals surface area contributed by atoms with Gasteiger partial charge in [0.2, 0.25) is 0 Å². The van der Waals surface area contributed by atoms with Crippen molar-refractivity contribution in [2.75, 3.05) is 46.9 Å². The molecular formula is C21H28N4O4. The molecule has 1 aromatic carbocycles. The Kier molecular flexibility index (Phi) is 6.99. The quantitative estimate of drug-likeness (QED) is 0.591. The number of guanidine groups is 1. The molecule has 8 nitrogen and oxygen atoms in total. The number of nitrogens with one attached hydrogen (secondary N) is 1. The van der Waals surface area contributed by atoms with Crippen LogP contribution in [0.4, 0.5) is 0 Å². The summed E-state index contributed by atoms with van der Waals surface area (Å²) in [5, 5.41) is 3.36. The minimum absolute atomic E-state index is 0.0549. The molecule has 0 bridgehead atoms. The molecule has 1 fully saturated rings. The molecule has 1 saturated heterocycles. The number of aliphatic imine (C=N–C) groups is 1. The van der Waals surface area contributed by atoms with Gasteiger partial charge in [-0.15, -0.1) is 0 Å². The number of ether oxygens (including phenoxy) is 2. The molecule has 3 rings (SSSR count). The van der Waals surface area contributed by atoms with Crippen LogP contribution in [0.15, 0.2) is 52.1 Å². The van der Waals surface area contributed by atoms with E-state index in [2.05, 4.69) is 15.2 Å². The highest BCUT2D eigenvalue weighted by Gasteiger charge is 2.25. The number of rotatable bonds is 6. The van der Waals surface area contributed by atoms with Gasteiger partial charge in [0.15, 0.2) is 11.7 Å². The van der Waals surface area contributed by atoms with E-state index in [4.69, 9.17) is 13.9 Å². The highest BCUT2D eigenvalue weighted by molar-refractivity contribution is 5.91. The zero-order valence-electron chi connectivity index (χ0n) is 17.1. The van der Waals surface area contributed by atoms with Crippen molar-refractivity contribution in [3.8, 4) is 11.5 Å². The first kappa shape index (κ1) is 20.6. The standard InChI is InChI=1S/C21H28N4O4/c1-16(29-18-7-4-6-17(14-18)27-3)15-23-21(22-2)25-11-9-24(10-12-25)20(26)19-8-5-13-28-19/h4-8,13-14,16H,9-12,15H2,1-3H3,(H,22,23).